The van der Waals surface area contributed by atoms with Crippen molar-refractivity contribution in [3.8, 4) is 0 Å². The number of amides is 1. The quantitative estimate of drug-likeness (QED) is 0.901. The summed E-state index contributed by atoms with van der Waals surface area (Å²) in [4.78, 5) is 25.7. The monoisotopic (exact) mass is 316 g/mol. The Morgan fingerprint density at radius 1 is 1.43 bits per heavy atom. The van der Waals surface area contributed by atoms with Crippen LogP contribution in [0.5, 0.6) is 0 Å². The highest BCUT2D eigenvalue weighted by atomic mass is 16.4. The van der Waals surface area contributed by atoms with E-state index in [-0.39, 0.29) is 11.8 Å². The van der Waals surface area contributed by atoms with Crippen molar-refractivity contribution >= 4 is 17.5 Å². The Hall–Kier alpha value is -2.44. The van der Waals surface area contributed by atoms with Crippen molar-refractivity contribution in [2.45, 2.75) is 26.8 Å². The van der Waals surface area contributed by atoms with Crippen LogP contribution in [0.15, 0.2) is 24.4 Å². The highest BCUT2D eigenvalue weighted by molar-refractivity contribution is 5.93. The number of aliphatic carboxylic acids is 1. The molecule has 3 rings (SSSR count). The molecule has 7 heteroatoms. The fourth-order valence-electron chi connectivity index (χ4n) is 3.35. The molecule has 0 bridgehead atoms. The SMILES string of the molecule is CC(C)[C@]1(C(=O)N(C)Cc2nnc3ccccn23)C[C@H]1C(=O)O. The number of hydrogen-bond acceptors (Lipinski definition) is 4. The van der Waals surface area contributed by atoms with E-state index in [4.69, 9.17) is 0 Å². The molecule has 2 aromatic heterocycles. The highest BCUT2D eigenvalue weighted by Crippen LogP contribution is 2.59. The van der Waals surface area contributed by atoms with Crippen LogP contribution in [0.4, 0.5) is 0 Å². The van der Waals surface area contributed by atoms with E-state index in [0.717, 1.165) is 5.65 Å². The molecule has 0 unspecified atom stereocenters. The predicted molar refractivity (Wildman–Crippen MR) is 82.5 cm³/mol. The van der Waals surface area contributed by atoms with Crippen molar-refractivity contribution in [3.63, 3.8) is 0 Å². The minimum absolute atomic E-state index is 0.0197. The zero-order chi connectivity index (χ0) is 16.8. The van der Waals surface area contributed by atoms with Gasteiger partial charge in [-0.15, -0.1) is 10.2 Å². The van der Waals surface area contributed by atoms with Gasteiger partial charge in [0.1, 0.15) is 0 Å². The van der Waals surface area contributed by atoms with E-state index in [1.807, 2.05) is 42.6 Å². The van der Waals surface area contributed by atoms with E-state index in [9.17, 15) is 14.7 Å². The van der Waals surface area contributed by atoms with Crippen molar-refractivity contribution in [1.29, 1.82) is 0 Å². The molecular formula is C16H20N4O3. The van der Waals surface area contributed by atoms with Gasteiger partial charge in [-0.05, 0) is 24.5 Å². The molecule has 1 amide bonds. The van der Waals surface area contributed by atoms with Crippen molar-refractivity contribution in [2.75, 3.05) is 7.05 Å². The summed E-state index contributed by atoms with van der Waals surface area (Å²) in [5.41, 5.74) is -0.0714. The Bertz CT molecular complexity index is 770. The first-order chi connectivity index (χ1) is 10.9. The minimum atomic E-state index is -0.895. The fourth-order valence-corrected chi connectivity index (χ4v) is 3.35. The molecule has 0 aliphatic heterocycles. The number of carboxylic acids is 1. The topological polar surface area (TPSA) is 87.8 Å². The van der Waals surface area contributed by atoms with E-state index < -0.39 is 17.3 Å². The number of carbonyl (C=O) groups is 2. The maximum atomic E-state index is 12.9. The zero-order valence-electron chi connectivity index (χ0n) is 13.4. The highest BCUT2D eigenvalue weighted by Gasteiger charge is 2.66. The maximum absolute atomic E-state index is 12.9. The third-order valence-corrected chi connectivity index (χ3v) is 4.84. The van der Waals surface area contributed by atoms with Gasteiger partial charge in [0.15, 0.2) is 11.5 Å². The molecule has 2 heterocycles. The Morgan fingerprint density at radius 3 is 2.78 bits per heavy atom. The first kappa shape index (κ1) is 15.5. The number of rotatable bonds is 5. The van der Waals surface area contributed by atoms with Gasteiger partial charge >= 0.3 is 5.97 Å². The molecule has 7 nitrogen and oxygen atoms in total. The summed E-state index contributed by atoms with van der Waals surface area (Å²) in [5.74, 6) is -0.981. The molecule has 0 radical (unpaired) electrons. The Kier molecular flexibility index (Phi) is 3.58. The van der Waals surface area contributed by atoms with Crippen molar-refractivity contribution in [3.05, 3.63) is 30.2 Å². The van der Waals surface area contributed by atoms with Crippen molar-refractivity contribution < 1.29 is 14.7 Å². The lowest BCUT2D eigenvalue weighted by Crippen LogP contribution is -2.39. The first-order valence-corrected chi connectivity index (χ1v) is 7.65. The molecule has 1 aliphatic carbocycles. The predicted octanol–water partition coefficient (Wildman–Crippen LogP) is 1.43. The Balaban J connectivity index is 1.81. The zero-order valence-corrected chi connectivity index (χ0v) is 13.4. The number of carboxylic acid groups (broad SMARTS) is 1. The number of nitrogens with zero attached hydrogens (tertiary/aromatic N) is 4. The summed E-state index contributed by atoms with van der Waals surface area (Å²) in [6.45, 7) is 4.10. The second kappa shape index (κ2) is 5.33. The van der Waals surface area contributed by atoms with Crippen LogP contribution in [-0.2, 0) is 16.1 Å². The summed E-state index contributed by atoms with van der Waals surface area (Å²) in [5, 5.41) is 17.5. The summed E-state index contributed by atoms with van der Waals surface area (Å²) in [7, 11) is 1.69. The van der Waals surface area contributed by atoms with Crippen LogP contribution < -0.4 is 0 Å². The molecule has 122 valence electrons. The molecule has 0 aromatic carbocycles. The van der Waals surface area contributed by atoms with Gasteiger partial charge in [-0.25, -0.2) is 0 Å². The smallest absolute Gasteiger partial charge is 0.307 e. The van der Waals surface area contributed by atoms with E-state index in [0.29, 0.717) is 18.8 Å². The van der Waals surface area contributed by atoms with E-state index in [1.54, 1.807) is 11.9 Å². The molecule has 0 spiro atoms. The molecule has 2 atom stereocenters. The Labute approximate surface area is 133 Å². The first-order valence-electron chi connectivity index (χ1n) is 7.65. The lowest BCUT2D eigenvalue weighted by Gasteiger charge is -2.26. The largest absolute Gasteiger partial charge is 0.481 e. The molecule has 23 heavy (non-hydrogen) atoms. The van der Waals surface area contributed by atoms with Crippen LogP contribution in [0, 0.1) is 17.3 Å². The van der Waals surface area contributed by atoms with Crippen LogP contribution in [0.25, 0.3) is 5.65 Å². The minimum Gasteiger partial charge on any atom is -0.481 e. The molecule has 1 N–H and O–H groups in total. The van der Waals surface area contributed by atoms with Crippen molar-refractivity contribution in [1.82, 2.24) is 19.5 Å². The summed E-state index contributed by atoms with van der Waals surface area (Å²) >= 11 is 0. The maximum Gasteiger partial charge on any atom is 0.307 e. The fraction of sp³-hybridized carbons (Fsp3) is 0.500. The molecule has 1 aliphatic rings. The van der Waals surface area contributed by atoms with Crippen LogP contribution in [-0.4, -0.2) is 43.5 Å². The van der Waals surface area contributed by atoms with Gasteiger partial charge in [0, 0.05) is 13.2 Å². The number of fused-ring (bicyclic) bond motifs is 1. The van der Waals surface area contributed by atoms with Crippen molar-refractivity contribution in [2.24, 2.45) is 17.3 Å². The van der Waals surface area contributed by atoms with Gasteiger partial charge in [-0.2, -0.15) is 0 Å². The number of pyridine rings is 1. The standard InChI is InChI=1S/C16H20N4O3/c1-10(2)16(8-11(16)14(21)22)15(23)19(3)9-13-18-17-12-6-4-5-7-20(12)13/h4-7,10-11H,8-9H2,1-3H3,(H,21,22)/t11-,16+/m0/s1. The number of hydrogen-bond donors (Lipinski definition) is 1. The van der Waals surface area contributed by atoms with Gasteiger partial charge < -0.3 is 10.0 Å². The lowest BCUT2D eigenvalue weighted by atomic mass is 9.88. The summed E-state index contributed by atoms with van der Waals surface area (Å²) < 4.78 is 1.83. The summed E-state index contributed by atoms with van der Waals surface area (Å²) in [6.07, 6.45) is 2.25. The van der Waals surface area contributed by atoms with E-state index >= 15 is 0 Å². The second-order valence-electron chi connectivity index (χ2n) is 6.50. The molecule has 1 fully saturated rings. The van der Waals surface area contributed by atoms with Gasteiger partial charge in [-0.1, -0.05) is 19.9 Å². The number of carbonyl (C=O) groups excluding carboxylic acids is 1. The molecule has 1 saturated carbocycles. The number of aromatic nitrogens is 3. The van der Waals surface area contributed by atoms with Gasteiger partial charge in [0.25, 0.3) is 0 Å². The average molecular weight is 316 g/mol. The molecule has 0 saturated heterocycles. The van der Waals surface area contributed by atoms with Crippen LogP contribution in [0.2, 0.25) is 0 Å². The molecular weight excluding hydrogens is 296 g/mol. The van der Waals surface area contributed by atoms with Gasteiger partial charge in [-0.3, -0.25) is 14.0 Å². The van der Waals surface area contributed by atoms with Crippen LogP contribution in [0.3, 0.4) is 0 Å². The second-order valence-corrected chi connectivity index (χ2v) is 6.50. The lowest BCUT2D eigenvalue weighted by molar-refractivity contribution is -0.146. The average Bonchev–Trinajstić information content (AvgIpc) is 3.18. The van der Waals surface area contributed by atoms with E-state index in [1.165, 1.54) is 0 Å². The van der Waals surface area contributed by atoms with Gasteiger partial charge in [0.2, 0.25) is 5.91 Å². The Morgan fingerprint density at radius 2 is 2.17 bits per heavy atom. The summed E-state index contributed by atoms with van der Waals surface area (Å²) in [6, 6.07) is 5.59. The third kappa shape index (κ3) is 2.36. The van der Waals surface area contributed by atoms with Crippen LogP contribution in [0.1, 0.15) is 26.1 Å². The normalized spacial score (nSPS) is 23.2. The van der Waals surface area contributed by atoms with Gasteiger partial charge in [0.05, 0.1) is 17.9 Å². The molecule has 2 aromatic rings. The van der Waals surface area contributed by atoms with E-state index in [2.05, 4.69) is 10.2 Å². The third-order valence-electron chi connectivity index (χ3n) is 4.84. The van der Waals surface area contributed by atoms with Crippen LogP contribution >= 0.6 is 0 Å².